The summed E-state index contributed by atoms with van der Waals surface area (Å²) in [6.45, 7) is 11.1. The summed E-state index contributed by atoms with van der Waals surface area (Å²) in [6, 6.07) is 14.4. The fourth-order valence-electron chi connectivity index (χ4n) is 5.93. The van der Waals surface area contributed by atoms with Crippen LogP contribution < -0.4 is 3.71 Å². The van der Waals surface area contributed by atoms with Crippen LogP contribution in [0, 0.1) is 0 Å². The van der Waals surface area contributed by atoms with Crippen molar-refractivity contribution in [3.8, 4) is 0 Å². The van der Waals surface area contributed by atoms with Gasteiger partial charge in [0, 0.05) is 29.1 Å². The second-order valence-electron chi connectivity index (χ2n) is 12.3. The predicted octanol–water partition coefficient (Wildman–Crippen LogP) is 9.28. The smallest absolute Gasteiger partial charge is 0.157 e. The molecule has 48 heavy (non-hydrogen) atoms. The molecular formula is C37H49BrClN5O3Sn. The second kappa shape index (κ2) is 21.3. The largest absolute Gasteiger partial charge is 0.372 e. The Morgan fingerprint density at radius 1 is 0.688 bits per heavy atom. The van der Waals surface area contributed by atoms with Crippen molar-refractivity contribution in [2.24, 2.45) is 0 Å². The quantitative estimate of drug-likeness (QED) is 0.115. The molecule has 258 valence electrons. The van der Waals surface area contributed by atoms with Gasteiger partial charge in [-0.05, 0) is 34.1 Å². The molecule has 7 heterocycles. The molecule has 0 radical (unpaired) electrons. The van der Waals surface area contributed by atoms with Crippen LogP contribution in [0.4, 0.5) is 0 Å². The Balaban J connectivity index is 0.000000164. The van der Waals surface area contributed by atoms with Crippen molar-refractivity contribution >= 4 is 49.6 Å². The third-order valence-electron chi connectivity index (χ3n) is 8.73. The first kappa shape index (κ1) is 38.8. The van der Waals surface area contributed by atoms with Gasteiger partial charge < -0.3 is 9.47 Å². The van der Waals surface area contributed by atoms with E-state index in [0.717, 1.165) is 41.2 Å². The molecule has 4 aromatic heterocycles. The molecule has 0 aliphatic carbocycles. The van der Waals surface area contributed by atoms with Gasteiger partial charge in [-0.3, -0.25) is 4.98 Å². The number of fused-ring (bicyclic) bond motifs is 3. The third-order valence-corrected chi connectivity index (χ3v) is 24.6. The Hall–Kier alpha value is -2.02. The maximum absolute atomic E-state index is 5.72. The zero-order valence-electron chi connectivity index (χ0n) is 28.6. The van der Waals surface area contributed by atoms with Gasteiger partial charge in [-0.25, -0.2) is 4.98 Å². The molecule has 8 nitrogen and oxygen atoms in total. The Bertz CT molecular complexity index is 1490. The summed E-state index contributed by atoms with van der Waals surface area (Å²) in [6.07, 6.45) is 13.4. The first-order chi connectivity index (χ1) is 23.5. The Labute approximate surface area is 303 Å². The van der Waals surface area contributed by atoms with Crippen molar-refractivity contribution in [3.63, 3.8) is 0 Å². The van der Waals surface area contributed by atoms with Crippen molar-refractivity contribution in [1.29, 1.82) is 0 Å². The van der Waals surface area contributed by atoms with Gasteiger partial charge in [0.25, 0.3) is 0 Å². The molecule has 0 spiro atoms. The minimum absolute atomic E-state index is 0.468. The van der Waals surface area contributed by atoms with Crippen molar-refractivity contribution < 1.29 is 14.2 Å². The van der Waals surface area contributed by atoms with E-state index in [4.69, 9.17) is 30.8 Å². The number of halogens is 2. The monoisotopic (exact) mass is 845 g/mol. The van der Waals surface area contributed by atoms with E-state index in [-0.39, 0.29) is 0 Å². The summed E-state index contributed by atoms with van der Waals surface area (Å²) in [4.78, 5) is 13.2. The van der Waals surface area contributed by atoms with E-state index >= 15 is 0 Å². The van der Waals surface area contributed by atoms with Crippen LogP contribution in [0.3, 0.4) is 0 Å². The van der Waals surface area contributed by atoms with Gasteiger partial charge in [0.2, 0.25) is 0 Å². The van der Waals surface area contributed by atoms with Gasteiger partial charge in [-0.15, -0.1) is 5.10 Å². The van der Waals surface area contributed by atoms with Crippen LogP contribution in [0.25, 0.3) is 0 Å². The van der Waals surface area contributed by atoms with Crippen molar-refractivity contribution in [2.45, 2.75) is 112 Å². The summed E-state index contributed by atoms with van der Waals surface area (Å²) in [5.41, 5.74) is 6.88. The van der Waals surface area contributed by atoms with E-state index in [9.17, 15) is 0 Å². The van der Waals surface area contributed by atoms with Gasteiger partial charge >= 0.3 is 141 Å². The summed E-state index contributed by atoms with van der Waals surface area (Å²) >= 11 is 6.68. The van der Waals surface area contributed by atoms with Gasteiger partial charge in [-0.2, -0.15) is 5.10 Å². The van der Waals surface area contributed by atoms with E-state index < -0.39 is 18.4 Å². The number of unbranched alkanes of at least 4 members (excludes halogenated alkanes) is 3. The fraction of sp³-hybridized carbons (Fsp3) is 0.486. The number of hydrogen-bond acceptors (Lipinski definition) is 8. The minimum Gasteiger partial charge on any atom is -0.372 e. The molecule has 0 amide bonds. The van der Waals surface area contributed by atoms with E-state index in [1.807, 2.05) is 30.3 Å². The van der Waals surface area contributed by atoms with Crippen molar-refractivity contribution in [1.82, 2.24) is 25.1 Å². The van der Waals surface area contributed by atoms with Crippen LogP contribution in [-0.4, -0.2) is 43.5 Å². The Morgan fingerprint density at radius 2 is 1.25 bits per heavy atom. The number of aromatic nitrogens is 5. The minimum atomic E-state index is -2.33. The van der Waals surface area contributed by atoms with Crippen LogP contribution in [-0.2, 0) is 53.9 Å². The molecule has 3 aliphatic heterocycles. The SMILES string of the molecule is Brc1ccc2c(n1)COC2.CCC[CH2][Sn]([CH2]CCC)([CH2]CCC)[c]1ccc2c(n1)COC2.Clc1nncc2c1COC2.c1ccncc1. The van der Waals surface area contributed by atoms with E-state index in [0.29, 0.717) is 25.0 Å². The van der Waals surface area contributed by atoms with Crippen LogP contribution >= 0.6 is 27.5 Å². The fourth-order valence-corrected chi connectivity index (χ4v) is 22.0. The molecule has 7 rings (SSSR count). The number of pyridine rings is 3. The molecule has 0 unspecified atom stereocenters. The maximum Gasteiger partial charge on any atom is 0.157 e. The number of rotatable bonds is 10. The maximum atomic E-state index is 5.72. The van der Waals surface area contributed by atoms with Crippen LogP contribution in [0.15, 0.2) is 65.7 Å². The van der Waals surface area contributed by atoms with Crippen LogP contribution in [0.2, 0.25) is 18.5 Å². The normalized spacial score (nSPS) is 13.9. The average Bonchev–Trinajstić information content (AvgIpc) is 3.91. The average molecular weight is 846 g/mol. The molecule has 0 fully saturated rings. The molecule has 0 atom stereocenters. The zero-order valence-corrected chi connectivity index (χ0v) is 33.8. The van der Waals surface area contributed by atoms with Crippen molar-refractivity contribution in [2.75, 3.05) is 0 Å². The van der Waals surface area contributed by atoms with Gasteiger partial charge in [0.1, 0.15) is 4.60 Å². The summed E-state index contributed by atoms with van der Waals surface area (Å²) < 4.78 is 22.8. The molecular weight excluding hydrogens is 797 g/mol. The third kappa shape index (κ3) is 11.8. The standard InChI is InChI=1S/C7H6BrNO.C7H6NO.C6H5ClN2O.C5H5N.3C4H9.Sn/c8-7-2-1-5-3-10-4-6(5)9-7;1-2-6-4-9-5-7(6)8-3-1;7-6-5-3-10-2-4(5)1-8-9-6;1-2-4-6-5-3-1;3*1-3-4-2;/h1-2H,3-4H2;1-2H,4-5H2;1H,2-3H2;1-5H;3*1,3-4H2,2H3;. The first-order valence-electron chi connectivity index (χ1n) is 17.2. The summed E-state index contributed by atoms with van der Waals surface area (Å²) in [5.74, 6) is 0. The molecule has 0 bridgehead atoms. The van der Waals surface area contributed by atoms with E-state index in [1.165, 1.54) is 68.7 Å². The molecule has 0 aromatic carbocycles. The number of ether oxygens (including phenoxy) is 3. The van der Waals surface area contributed by atoms with Gasteiger partial charge in [0.05, 0.1) is 38.3 Å². The molecule has 3 aliphatic rings. The predicted molar refractivity (Wildman–Crippen MR) is 197 cm³/mol. The zero-order chi connectivity index (χ0) is 34.0. The van der Waals surface area contributed by atoms with Gasteiger partial charge in [0.15, 0.2) is 5.15 Å². The topological polar surface area (TPSA) is 92.1 Å². The Morgan fingerprint density at radius 3 is 1.79 bits per heavy atom. The van der Waals surface area contributed by atoms with Crippen LogP contribution in [0.1, 0.15) is 92.9 Å². The first-order valence-corrected chi connectivity index (χ1v) is 25.9. The van der Waals surface area contributed by atoms with Crippen LogP contribution in [0.5, 0.6) is 0 Å². The van der Waals surface area contributed by atoms with E-state index in [1.54, 1.807) is 22.3 Å². The molecule has 4 aromatic rings. The number of hydrogen-bond donors (Lipinski definition) is 0. The Kier molecular flexibility index (Phi) is 17.2. The molecule has 0 saturated carbocycles. The van der Waals surface area contributed by atoms with Gasteiger partial charge in [-0.1, -0.05) is 23.7 Å². The van der Waals surface area contributed by atoms with Crippen molar-refractivity contribution in [3.05, 3.63) is 104 Å². The summed E-state index contributed by atoms with van der Waals surface area (Å²) in [5, 5.41) is 7.85. The van der Waals surface area contributed by atoms with E-state index in [2.05, 4.69) is 69.0 Å². The summed E-state index contributed by atoms with van der Waals surface area (Å²) in [7, 11) is 0. The second-order valence-corrected chi connectivity index (χ2v) is 26.5. The molecule has 0 saturated heterocycles. The number of nitrogens with zero attached hydrogens (tertiary/aromatic N) is 5. The molecule has 11 heteroatoms. The molecule has 0 N–H and O–H groups in total.